The first kappa shape index (κ1) is 26.8. The number of H-pyrrole nitrogens is 2. The van der Waals surface area contributed by atoms with Gasteiger partial charge in [-0.05, 0) is 43.0 Å². The lowest BCUT2D eigenvalue weighted by Gasteiger charge is -2.22. The minimum absolute atomic E-state index is 0.116. The van der Waals surface area contributed by atoms with Gasteiger partial charge in [0.25, 0.3) is 5.56 Å². The first-order valence-electron chi connectivity index (χ1n) is 12.8. The lowest BCUT2D eigenvalue weighted by molar-refractivity contribution is -0.135. The SMILES string of the molecule is CCc1c(CC2CCCCC2)nc(SCC(=O)c2ccc(OC(=O)C(N)Cc3cnc[nH]3)cc2)[nH]c1=O. The molecule has 2 aromatic heterocycles. The quantitative estimate of drug-likeness (QED) is 0.114. The maximum absolute atomic E-state index is 12.8. The lowest BCUT2D eigenvalue weighted by Crippen LogP contribution is -2.36. The molecule has 9 nitrogen and oxygen atoms in total. The molecule has 0 radical (unpaired) electrons. The van der Waals surface area contributed by atoms with E-state index in [0.29, 0.717) is 28.8 Å². The van der Waals surface area contributed by atoms with Crippen molar-refractivity contribution in [2.45, 2.75) is 69.5 Å². The number of rotatable bonds is 11. The highest BCUT2D eigenvalue weighted by molar-refractivity contribution is 7.99. The van der Waals surface area contributed by atoms with Gasteiger partial charge >= 0.3 is 5.97 Å². The Labute approximate surface area is 220 Å². The van der Waals surface area contributed by atoms with Crippen molar-refractivity contribution in [3.63, 3.8) is 0 Å². The van der Waals surface area contributed by atoms with Gasteiger partial charge in [0.05, 0.1) is 17.8 Å². The summed E-state index contributed by atoms with van der Waals surface area (Å²) in [7, 11) is 0. The average molecular weight is 524 g/mol. The zero-order chi connectivity index (χ0) is 26.2. The second-order valence-electron chi connectivity index (χ2n) is 9.40. The van der Waals surface area contributed by atoms with Crippen LogP contribution in [0.4, 0.5) is 0 Å². The van der Waals surface area contributed by atoms with Crippen molar-refractivity contribution in [1.82, 2.24) is 19.9 Å². The number of aromatic nitrogens is 4. The van der Waals surface area contributed by atoms with E-state index in [1.165, 1.54) is 50.2 Å². The Bertz CT molecular complexity index is 1250. The number of imidazole rings is 1. The molecule has 0 aliphatic heterocycles. The second-order valence-corrected chi connectivity index (χ2v) is 10.4. The van der Waals surface area contributed by atoms with Crippen LogP contribution in [0.1, 0.15) is 66.3 Å². The summed E-state index contributed by atoms with van der Waals surface area (Å²) in [5, 5.41) is 0.471. The van der Waals surface area contributed by atoms with Crippen molar-refractivity contribution in [1.29, 1.82) is 0 Å². The molecule has 10 heteroatoms. The third-order valence-electron chi connectivity index (χ3n) is 6.67. The summed E-state index contributed by atoms with van der Waals surface area (Å²) in [5.74, 6) is 0.322. The summed E-state index contributed by atoms with van der Waals surface area (Å²) < 4.78 is 5.33. The third kappa shape index (κ3) is 7.39. The van der Waals surface area contributed by atoms with Gasteiger partial charge in [0.1, 0.15) is 11.8 Å². The number of ether oxygens (including phenoxy) is 1. The van der Waals surface area contributed by atoms with Crippen molar-refractivity contribution in [2.24, 2.45) is 11.7 Å². The molecule has 1 unspecified atom stereocenters. The van der Waals surface area contributed by atoms with Gasteiger partial charge in [-0.15, -0.1) is 0 Å². The molecule has 4 N–H and O–H groups in total. The van der Waals surface area contributed by atoms with E-state index in [0.717, 1.165) is 23.4 Å². The summed E-state index contributed by atoms with van der Waals surface area (Å²) in [6, 6.07) is 5.51. The Morgan fingerprint density at radius 2 is 1.95 bits per heavy atom. The van der Waals surface area contributed by atoms with Gasteiger partial charge in [-0.1, -0.05) is 50.8 Å². The van der Waals surface area contributed by atoms with Crippen LogP contribution in [-0.2, 0) is 24.1 Å². The molecule has 1 saturated carbocycles. The molecule has 1 atom stereocenters. The van der Waals surface area contributed by atoms with E-state index in [1.807, 2.05) is 6.92 Å². The van der Waals surface area contributed by atoms with E-state index in [4.69, 9.17) is 15.5 Å². The summed E-state index contributed by atoms with van der Waals surface area (Å²) in [5.41, 5.74) is 8.62. The van der Waals surface area contributed by atoms with E-state index in [-0.39, 0.29) is 23.5 Å². The number of esters is 1. The van der Waals surface area contributed by atoms with E-state index in [9.17, 15) is 14.4 Å². The fourth-order valence-electron chi connectivity index (χ4n) is 4.62. The van der Waals surface area contributed by atoms with Gasteiger partial charge in [0, 0.05) is 29.4 Å². The number of hydrogen-bond acceptors (Lipinski definition) is 8. The summed E-state index contributed by atoms with van der Waals surface area (Å²) in [6.45, 7) is 1.97. The van der Waals surface area contributed by atoms with Crippen LogP contribution >= 0.6 is 11.8 Å². The number of Topliss-reactive ketones (excluding diaryl/α,β-unsaturated/α-hetero) is 1. The molecule has 4 rings (SSSR count). The average Bonchev–Trinajstić information content (AvgIpc) is 3.41. The monoisotopic (exact) mass is 523 g/mol. The number of thioether (sulfide) groups is 1. The van der Waals surface area contributed by atoms with Gasteiger partial charge in [-0.25, -0.2) is 14.8 Å². The molecule has 196 valence electrons. The van der Waals surface area contributed by atoms with Gasteiger partial charge in [-0.2, -0.15) is 0 Å². The predicted molar refractivity (Wildman–Crippen MR) is 142 cm³/mol. The molecule has 37 heavy (non-hydrogen) atoms. The lowest BCUT2D eigenvalue weighted by atomic mass is 9.85. The normalized spacial score (nSPS) is 14.9. The maximum Gasteiger partial charge on any atom is 0.328 e. The molecule has 2 heterocycles. The molecular formula is C27H33N5O4S. The van der Waals surface area contributed by atoms with Gasteiger partial charge in [0.15, 0.2) is 10.9 Å². The van der Waals surface area contributed by atoms with Gasteiger partial charge in [0.2, 0.25) is 0 Å². The van der Waals surface area contributed by atoms with Crippen molar-refractivity contribution < 1.29 is 14.3 Å². The topological polar surface area (TPSA) is 144 Å². The Hall–Kier alpha value is -3.24. The fraction of sp³-hybridized carbons (Fsp3) is 0.444. The van der Waals surface area contributed by atoms with Crippen LogP contribution in [0.5, 0.6) is 5.75 Å². The molecule has 1 aliphatic carbocycles. The number of hydrogen-bond donors (Lipinski definition) is 3. The van der Waals surface area contributed by atoms with Crippen LogP contribution in [-0.4, -0.2) is 43.5 Å². The third-order valence-corrected chi connectivity index (χ3v) is 7.55. The maximum atomic E-state index is 12.8. The van der Waals surface area contributed by atoms with Crippen LogP contribution in [0.25, 0.3) is 0 Å². The zero-order valence-corrected chi connectivity index (χ0v) is 21.8. The summed E-state index contributed by atoms with van der Waals surface area (Å²) in [6.07, 6.45) is 11.0. The number of nitrogens with zero attached hydrogens (tertiary/aromatic N) is 2. The van der Waals surface area contributed by atoms with Crippen LogP contribution in [0.3, 0.4) is 0 Å². The minimum atomic E-state index is -0.838. The van der Waals surface area contributed by atoms with Crippen LogP contribution in [0.15, 0.2) is 46.7 Å². The molecule has 0 bridgehead atoms. The fourth-order valence-corrected chi connectivity index (χ4v) is 5.40. The van der Waals surface area contributed by atoms with Crippen LogP contribution < -0.4 is 16.0 Å². The highest BCUT2D eigenvalue weighted by Gasteiger charge is 2.20. The predicted octanol–water partition coefficient (Wildman–Crippen LogP) is 3.63. The molecule has 1 fully saturated rings. The largest absolute Gasteiger partial charge is 0.425 e. The smallest absolute Gasteiger partial charge is 0.328 e. The second kappa shape index (κ2) is 12.8. The number of nitrogens with two attached hydrogens (primary N) is 1. The molecular weight excluding hydrogens is 490 g/mol. The van der Waals surface area contributed by atoms with Crippen molar-refractivity contribution >= 4 is 23.5 Å². The highest BCUT2D eigenvalue weighted by Crippen LogP contribution is 2.27. The molecule has 0 amide bonds. The highest BCUT2D eigenvalue weighted by atomic mass is 32.2. The zero-order valence-electron chi connectivity index (χ0n) is 21.0. The molecule has 1 aliphatic rings. The standard InChI is InChI=1S/C27H33N5O4S/c1-2-21-23(12-17-6-4-3-5-7-17)31-27(32-25(21)34)37-15-24(33)18-8-10-20(11-9-18)36-26(35)22(28)13-19-14-29-16-30-19/h8-11,14,16-17,22H,2-7,12-13,15,28H2,1H3,(H,29,30)(H,31,32,34). The first-order chi connectivity index (χ1) is 17.9. The van der Waals surface area contributed by atoms with E-state index in [2.05, 4.69) is 15.0 Å². The van der Waals surface area contributed by atoms with Crippen molar-refractivity contribution in [3.05, 3.63) is 69.7 Å². The number of ketones is 1. The molecule has 1 aromatic carbocycles. The Morgan fingerprint density at radius 1 is 1.19 bits per heavy atom. The van der Waals surface area contributed by atoms with E-state index in [1.54, 1.807) is 30.5 Å². The Balaban J connectivity index is 1.33. The summed E-state index contributed by atoms with van der Waals surface area (Å²) >= 11 is 1.23. The van der Waals surface area contributed by atoms with Crippen LogP contribution in [0, 0.1) is 5.92 Å². The molecule has 3 aromatic rings. The van der Waals surface area contributed by atoms with E-state index >= 15 is 0 Å². The van der Waals surface area contributed by atoms with Crippen molar-refractivity contribution in [2.75, 3.05) is 5.75 Å². The number of benzene rings is 1. The van der Waals surface area contributed by atoms with Gasteiger partial charge in [-0.3, -0.25) is 9.59 Å². The molecule has 0 saturated heterocycles. The Morgan fingerprint density at radius 3 is 2.62 bits per heavy atom. The van der Waals surface area contributed by atoms with E-state index < -0.39 is 12.0 Å². The number of carbonyl (C=O) groups is 2. The minimum Gasteiger partial charge on any atom is -0.425 e. The first-order valence-corrected chi connectivity index (χ1v) is 13.7. The number of carbonyl (C=O) groups excluding carboxylic acids is 2. The van der Waals surface area contributed by atoms with Crippen LogP contribution in [0.2, 0.25) is 0 Å². The van der Waals surface area contributed by atoms with Crippen molar-refractivity contribution in [3.8, 4) is 5.75 Å². The van der Waals surface area contributed by atoms with Gasteiger partial charge < -0.3 is 20.4 Å². The Kier molecular flexibility index (Phi) is 9.29. The number of aromatic amines is 2. The number of nitrogens with one attached hydrogen (secondary N) is 2. The molecule has 0 spiro atoms. The summed E-state index contributed by atoms with van der Waals surface area (Å²) in [4.78, 5) is 52.1.